The predicted octanol–water partition coefficient (Wildman–Crippen LogP) is 3.11. The van der Waals surface area contributed by atoms with Gasteiger partial charge in [0.15, 0.2) is 5.82 Å². The molecule has 12 nitrogen and oxygen atoms in total. The summed E-state index contributed by atoms with van der Waals surface area (Å²) in [5, 5.41) is 22.9. The molecule has 3 heterocycles. The van der Waals surface area contributed by atoms with E-state index in [1.165, 1.54) is 18.2 Å². The normalized spacial score (nSPS) is 10.8. The van der Waals surface area contributed by atoms with E-state index >= 15 is 0 Å². The summed E-state index contributed by atoms with van der Waals surface area (Å²) in [4.78, 5) is 42.4. The smallest absolute Gasteiger partial charge is 0.361 e. The molecule has 0 radical (unpaired) electrons. The van der Waals surface area contributed by atoms with Crippen molar-refractivity contribution in [1.82, 2.24) is 20.3 Å². The maximum Gasteiger partial charge on any atom is 0.439 e. The number of rotatable bonds is 6. The molecular weight excluding hydrogens is 466 g/mol. The lowest BCUT2D eigenvalue weighted by atomic mass is 10.1. The minimum Gasteiger partial charge on any atom is -0.361 e. The molecule has 0 bridgehead atoms. The number of amides is 2. The monoisotopic (exact) mass is 483 g/mol. The lowest BCUT2D eigenvalue weighted by Gasteiger charge is -2.09. The molecule has 0 spiro atoms. The van der Waals surface area contributed by atoms with Crippen molar-refractivity contribution in [2.75, 3.05) is 10.6 Å². The number of para-hydroxylation sites is 1. The molecule has 5 aromatic rings. The average molecular weight is 483 g/mol. The van der Waals surface area contributed by atoms with E-state index in [4.69, 9.17) is 4.52 Å². The van der Waals surface area contributed by atoms with Gasteiger partial charge < -0.3 is 20.1 Å². The largest absolute Gasteiger partial charge is 0.439 e. The number of anilines is 2. The van der Waals surface area contributed by atoms with Gasteiger partial charge in [-0.05, 0) is 37.3 Å². The van der Waals surface area contributed by atoms with E-state index in [1.807, 2.05) is 6.07 Å². The summed E-state index contributed by atoms with van der Waals surface area (Å²) in [7, 11) is 0. The van der Waals surface area contributed by atoms with Crippen molar-refractivity contribution in [2.45, 2.75) is 13.3 Å². The molecule has 2 amide bonds. The Labute approximate surface area is 201 Å². The van der Waals surface area contributed by atoms with Crippen molar-refractivity contribution >= 4 is 34.1 Å². The van der Waals surface area contributed by atoms with Crippen LogP contribution in [0.3, 0.4) is 0 Å². The molecule has 36 heavy (non-hydrogen) atoms. The Hall–Kier alpha value is -5.44. The molecule has 0 fully saturated rings. The van der Waals surface area contributed by atoms with E-state index in [9.17, 15) is 19.6 Å². The van der Waals surface area contributed by atoms with Gasteiger partial charge in [0.05, 0.1) is 40.6 Å². The first-order chi connectivity index (χ1) is 17.4. The molecule has 0 aliphatic heterocycles. The van der Waals surface area contributed by atoms with Crippen LogP contribution in [0, 0.1) is 18.3 Å². The van der Waals surface area contributed by atoms with Crippen molar-refractivity contribution < 1.29 is 18.6 Å². The molecule has 0 unspecified atom stereocenters. The van der Waals surface area contributed by atoms with Gasteiger partial charge in [-0.1, -0.05) is 22.4 Å². The van der Waals surface area contributed by atoms with Gasteiger partial charge in [-0.25, -0.2) is 4.79 Å². The van der Waals surface area contributed by atoms with Gasteiger partial charge in [0, 0.05) is 17.0 Å². The Morgan fingerprint density at radius 3 is 2.61 bits per heavy atom. The fraction of sp³-hybridized carbons (Fsp3) is 0.0833. The number of nitrogens with zero attached hydrogens (tertiary/aromatic N) is 3. The molecule has 0 aliphatic rings. The Bertz CT molecular complexity index is 1720. The van der Waals surface area contributed by atoms with Crippen LogP contribution in [0.2, 0.25) is 0 Å². The molecule has 178 valence electrons. The number of hydrogen-bond donors (Lipinski definition) is 4. The minimum atomic E-state index is -0.770. The zero-order valence-electron chi connectivity index (χ0n) is 18.7. The molecule has 0 atom stereocenters. The predicted molar refractivity (Wildman–Crippen MR) is 127 cm³/mol. The molecular formula is C24H17N7O5. The van der Waals surface area contributed by atoms with E-state index in [2.05, 4.69) is 35.4 Å². The van der Waals surface area contributed by atoms with Crippen molar-refractivity contribution in [1.29, 1.82) is 5.26 Å². The lowest BCUT2D eigenvalue weighted by Crippen LogP contribution is -2.15. The van der Waals surface area contributed by atoms with Gasteiger partial charge in [0.1, 0.15) is 11.5 Å². The molecule has 0 saturated heterocycles. The zero-order valence-corrected chi connectivity index (χ0v) is 18.7. The molecule has 2 aromatic carbocycles. The van der Waals surface area contributed by atoms with Crippen molar-refractivity contribution in [3.05, 3.63) is 81.8 Å². The maximum absolute atomic E-state index is 13.1. The maximum atomic E-state index is 13.1. The second-order valence-corrected chi connectivity index (χ2v) is 7.88. The quantitative estimate of drug-likeness (QED) is 0.284. The number of H-pyrrole nitrogens is 2. The third kappa shape index (κ3) is 4.48. The Balaban J connectivity index is 1.40. The number of fused-ring (bicyclic) bond motifs is 1. The van der Waals surface area contributed by atoms with Crippen molar-refractivity contribution in [2.24, 2.45) is 0 Å². The molecule has 12 heteroatoms. The van der Waals surface area contributed by atoms with E-state index in [-0.39, 0.29) is 23.8 Å². The highest BCUT2D eigenvalue weighted by Crippen LogP contribution is 2.28. The van der Waals surface area contributed by atoms with Gasteiger partial charge >= 0.3 is 5.76 Å². The number of aromatic nitrogens is 4. The van der Waals surface area contributed by atoms with Crippen LogP contribution in [-0.4, -0.2) is 32.1 Å². The summed E-state index contributed by atoms with van der Waals surface area (Å²) in [5.41, 5.74) is 2.87. The Kier molecular flexibility index (Phi) is 5.63. The zero-order chi connectivity index (χ0) is 25.2. The lowest BCUT2D eigenvalue weighted by molar-refractivity contribution is -0.115. The summed E-state index contributed by atoms with van der Waals surface area (Å²) in [6, 6.07) is 15.1. The number of benzene rings is 2. The van der Waals surface area contributed by atoms with Crippen LogP contribution in [-0.2, 0) is 11.2 Å². The van der Waals surface area contributed by atoms with Gasteiger partial charge in [-0.15, -0.1) is 0 Å². The second kappa shape index (κ2) is 9.07. The fourth-order valence-corrected chi connectivity index (χ4v) is 3.69. The van der Waals surface area contributed by atoms with Crippen LogP contribution in [0.15, 0.2) is 62.4 Å². The highest BCUT2D eigenvalue weighted by Gasteiger charge is 2.18. The third-order valence-corrected chi connectivity index (χ3v) is 5.28. The van der Waals surface area contributed by atoms with Crippen LogP contribution in [0.4, 0.5) is 11.4 Å². The summed E-state index contributed by atoms with van der Waals surface area (Å²) in [5.74, 6) is -1.06. The standard InChI is InChI=1S/C24H17N7O5/c1-12-7-15(35-30-12)10-20(32)26-18-4-2-3-14-9-19(27-21(14)18)23(33)28-17-6-5-13(11-25)8-16(17)22-29-24(34)36-31-22/h2-9,27H,10H2,1H3,(H,26,32)(H,28,33)(H,29,31,34). The highest BCUT2D eigenvalue weighted by atomic mass is 16.5. The van der Waals surface area contributed by atoms with Gasteiger partial charge in [0.2, 0.25) is 5.91 Å². The van der Waals surface area contributed by atoms with Gasteiger partial charge in [-0.2, -0.15) is 5.26 Å². The van der Waals surface area contributed by atoms with Crippen LogP contribution >= 0.6 is 0 Å². The number of nitriles is 1. The van der Waals surface area contributed by atoms with Gasteiger partial charge in [-0.3, -0.25) is 19.1 Å². The summed E-state index contributed by atoms with van der Waals surface area (Å²) < 4.78 is 9.64. The first kappa shape index (κ1) is 22.4. The molecule has 3 aromatic heterocycles. The van der Waals surface area contributed by atoms with E-state index in [0.29, 0.717) is 44.9 Å². The van der Waals surface area contributed by atoms with Crippen molar-refractivity contribution in [3.63, 3.8) is 0 Å². The molecule has 0 aliphatic carbocycles. The van der Waals surface area contributed by atoms with Crippen LogP contribution in [0.25, 0.3) is 22.3 Å². The third-order valence-electron chi connectivity index (χ3n) is 5.28. The average Bonchev–Trinajstić information content (AvgIpc) is 3.59. The number of nitrogens with one attached hydrogen (secondary N) is 4. The summed E-state index contributed by atoms with van der Waals surface area (Å²) >= 11 is 0. The van der Waals surface area contributed by atoms with E-state index in [0.717, 1.165) is 0 Å². The number of carbonyl (C=O) groups excluding carboxylic acids is 2. The first-order valence-corrected chi connectivity index (χ1v) is 10.7. The molecule has 5 rings (SSSR count). The first-order valence-electron chi connectivity index (χ1n) is 10.7. The SMILES string of the molecule is Cc1cc(CC(=O)Nc2cccc3cc(C(=O)Nc4ccc(C#N)cc4-c4noc(=O)[nH]4)[nH]c23)on1. The number of aromatic amines is 2. The fourth-order valence-electron chi connectivity index (χ4n) is 3.69. The molecule has 4 N–H and O–H groups in total. The Morgan fingerprint density at radius 1 is 1.03 bits per heavy atom. The number of carbonyl (C=O) groups is 2. The molecule has 0 saturated carbocycles. The Morgan fingerprint density at radius 2 is 1.89 bits per heavy atom. The van der Waals surface area contributed by atoms with E-state index in [1.54, 1.807) is 37.3 Å². The summed E-state index contributed by atoms with van der Waals surface area (Å²) in [6.07, 6.45) is 0.0108. The number of aryl methyl sites for hydroxylation is 1. The van der Waals surface area contributed by atoms with Crippen molar-refractivity contribution in [3.8, 4) is 17.5 Å². The summed E-state index contributed by atoms with van der Waals surface area (Å²) in [6.45, 7) is 1.77. The van der Waals surface area contributed by atoms with Crippen LogP contribution in [0.1, 0.15) is 27.5 Å². The van der Waals surface area contributed by atoms with Crippen LogP contribution in [0.5, 0.6) is 0 Å². The second-order valence-electron chi connectivity index (χ2n) is 7.88. The van der Waals surface area contributed by atoms with Crippen LogP contribution < -0.4 is 16.4 Å². The highest BCUT2D eigenvalue weighted by molar-refractivity contribution is 6.09. The topological polar surface area (TPSA) is 183 Å². The number of hydrogen-bond acceptors (Lipinski definition) is 8. The van der Waals surface area contributed by atoms with E-state index < -0.39 is 11.7 Å². The van der Waals surface area contributed by atoms with Gasteiger partial charge in [0.25, 0.3) is 5.91 Å². The minimum absolute atomic E-state index is 0.0108.